The number of amides is 1. The van der Waals surface area contributed by atoms with Gasteiger partial charge in [0.2, 0.25) is 10.9 Å². The van der Waals surface area contributed by atoms with E-state index in [9.17, 15) is 18.0 Å². The van der Waals surface area contributed by atoms with Crippen LogP contribution < -0.4 is 10.5 Å². The van der Waals surface area contributed by atoms with Gasteiger partial charge in [-0.15, -0.1) is 0 Å². The number of nitrogens with one attached hydrogen (secondary N) is 1. The number of sulfonamides is 1. The molecule has 0 fully saturated rings. The zero-order valence-electron chi connectivity index (χ0n) is 14.7. The Morgan fingerprint density at radius 3 is 2.66 bits per heavy atom. The lowest BCUT2D eigenvalue weighted by Gasteiger charge is -2.10. The molecule has 0 unspecified atom stereocenters. The maximum absolute atomic E-state index is 12.1. The molecular weight excluding hydrogens is 424 g/mol. The molecule has 3 aromatic rings. The van der Waals surface area contributed by atoms with E-state index < -0.39 is 39.4 Å². The minimum absolute atomic E-state index is 0.324. The number of hydrogen-bond donors (Lipinski definition) is 2. The first-order valence-corrected chi connectivity index (χ1v) is 10.0. The maximum atomic E-state index is 12.1. The number of hydrogen-bond acceptors (Lipinski definition) is 7. The van der Waals surface area contributed by atoms with Gasteiger partial charge in [0, 0.05) is 11.1 Å². The third-order valence-corrected chi connectivity index (χ3v) is 4.81. The molecule has 152 valence electrons. The third-order valence-electron chi connectivity index (χ3n) is 3.66. The molecule has 10 nitrogen and oxygen atoms in total. The molecule has 0 radical (unpaired) electrons. The minimum Gasteiger partial charge on any atom is -0.450 e. The number of esters is 1. The fourth-order valence-electron chi connectivity index (χ4n) is 2.32. The highest BCUT2D eigenvalue weighted by molar-refractivity contribution is 7.89. The topological polar surface area (TPSA) is 147 Å². The van der Waals surface area contributed by atoms with Crippen LogP contribution in [0.1, 0.15) is 16.1 Å². The molecule has 29 heavy (non-hydrogen) atoms. The van der Waals surface area contributed by atoms with Crippen molar-refractivity contribution in [3.8, 4) is 0 Å². The molecule has 0 aliphatic carbocycles. The van der Waals surface area contributed by atoms with Crippen LogP contribution in [0.15, 0.2) is 58.2 Å². The Kier molecular flexibility index (Phi) is 6.01. The van der Waals surface area contributed by atoms with E-state index in [1.807, 2.05) is 12.1 Å². The number of ether oxygens (including phenoxy) is 1. The number of nitrogens with zero attached hydrogens (tertiary/aromatic N) is 2. The average molecular weight is 439 g/mol. The monoisotopic (exact) mass is 438 g/mol. The van der Waals surface area contributed by atoms with E-state index in [1.54, 1.807) is 18.2 Å². The van der Waals surface area contributed by atoms with Crippen molar-refractivity contribution in [2.24, 2.45) is 5.14 Å². The summed E-state index contributed by atoms with van der Waals surface area (Å²) in [6.07, 6.45) is 1.50. The zero-order valence-corrected chi connectivity index (χ0v) is 16.3. The van der Waals surface area contributed by atoms with Gasteiger partial charge in [-0.1, -0.05) is 29.8 Å². The summed E-state index contributed by atoms with van der Waals surface area (Å²) in [6, 6.07) is 10.9. The highest BCUT2D eigenvalue weighted by Gasteiger charge is 2.19. The Morgan fingerprint density at radius 2 is 1.97 bits per heavy atom. The number of halogens is 1. The van der Waals surface area contributed by atoms with E-state index in [2.05, 4.69) is 10.4 Å². The van der Waals surface area contributed by atoms with Crippen molar-refractivity contribution < 1.29 is 27.2 Å². The van der Waals surface area contributed by atoms with Crippen LogP contribution >= 0.6 is 11.6 Å². The summed E-state index contributed by atoms with van der Waals surface area (Å²) < 4.78 is 33.4. The van der Waals surface area contributed by atoms with Crippen molar-refractivity contribution in [3.63, 3.8) is 0 Å². The number of benzene rings is 1. The van der Waals surface area contributed by atoms with E-state index in [0.29, 0.717) is 17.4 Å². The number of rotatable bonds is 7. The SMILES string of the molecule is NS(=O)(=O)c1ccc(C(=O)OCC(=O)Nc2ccnn2Cc2ccccc2Cl)o1. The van der Waals surface area contributed by atoms with E-state index >= 15 is 0 Å². The lowest BCUT2D eigenvalue weighted by atomic mass is 10.2. The predicted octanol–water partition coefficient (Wildman–Crippen LogP) is 1.62. The Hall–Kier alpha value is -3.15. The van der Waals surface area contributed by atoms with E-state index in [0.717, 1.165) is 17.7 Å². The number of carbonyl (C=O) groups is 2. The quantitative estimate of drug-likeness (QED) is 0.532. The van der Waals surface area contributed by atoms with Crippen molar-refractivity contribution >= 4 is 39.3 Å². The molecule has 0 bridgehead atoms. The fourth-order valence-corrected chi connectivity index (χ4v) is 2.98. The normalized spacial score (nSPS) is 11.2. The Morgan fingerprint density at radius 1 is 1.21 bits per heavy atom. The molecule has 0 saturated heterocycles. The second-order valence-electron chi connectivity index (χ2n) is 5.75. The molecule has 3 rings (SSSR count). The first-order valence-electron chi connectivity index (χ1n) is 8.09. The van der Waals surface area contributed by atoms with Crippen molar-refractivity contribution in [3.05, 3.63) is 65.0 Å². The van der Waals surface area contributed by atoms with Gasteiger partial charge >= 0.3 is 5.97 Å². The lowest BCUT2D eigenvalue weighted by molar-refractivity contribution is -0.119. The maximum Gasteiger partial charge on any atom is 0.374 e. The third kappa shape index (κ3) is 5.22. The molecular formula is C17H15ClN4O6S. The van der Waals surface area contributed by atoms with Crippen LogP contribution in [0, 0.1) is 0 Å². The van der Waals surface area contributed by atoms with Gasteiger partial charge in [0.25, 0.3) is 15.9 Å². The summed E-state index contributed by atoms with van der Waals surface area (Å²) in [4.78, 5) is 24.0. The fraction of sp³-hybridized carbons (Fsp3) is 0.118. The van der Waals surface area contributed by atoms with Crippen molar-refractivity contribution in [1.82, 2.24) is 9.78 Å². The van der Waals surface area contributed by atoms with Crippen LogP contribution in [0.2, 0.25) is 5.02 Å². The molecule has 0 aliphatic rings. The number of nitrogens with two attached hydrogens (primary N) is 1. The van der Waals surface area contributed by atoms with Crippen LogP contribution in [0.25, 0.3) is 0 Å². The number of aromatic nitrogens is 2. The second kappa shape index (κ2) is 8.47. The molecule has 1 amide bonds. The molecule has 2 heterocycles. The summed E-state index contributed by atoms with van der Waals surface area (Å²) in [7, 11) is -4.09. The lowest BCUT2D eigenvalue weighted by Crippen LogP contribution is -2.22. The van der Waals surface area contributed by atoms with Gasteiger partial charge < -0.3 is 14.5 Å². The summed E-state index contributed by atoms with van der Waals surface area (Å²) >= 11 is 6.13. The summed E-state index contributed by atoms with van der Waals surface area (Å²) in [5.41, 5.74) is 0.809. The van der Waals surface area contributed by atoms with E-state index in [-0.39, 0.29) is 0 Å². The van der Waals surface area contributed by atoms with Crippen molar-refractivity contribution in [2.45, 2.75) is 11.6 Å². The van der Waals surface area contributed by atoms with Crippen LogP contribution in [-0.2, 0) is 26.1 Å². The van der Waals surface area contributed by atoms with Gasteiger partial charge in [0.1, 0.15) is 5.82 Å². The largest absolute Gasteiger partial charge is 0.450 e. The van der Waals surface area contributed by atoms with Gasteiger partial charge in [-0.2, -0.15) is 5.10 Å². The van der Waals surface area contributed by atoms with Gasteiger partial charge in [-0.05, 0) is 23.8 Å². The molecule has 0 aliphatic heterocycles. The van der Waals surface area contributed by atoms with Crippen LogP contribution in [0.4, 0.5) is 5.82 Å². The van der Waals surface area contributed by atoms with Gasteiger partial charge in [0.15, 0.2) is 6.61 Å². The molecule has 12 heteroatoms. The van der Waals surface area contributed by atoms with E-state index in [4.69, 9.17) is 25.9 Å². The first-order chi connectivity index (χ1) is 13.7. The number of carbonyl (C=O) groups excluding carboxylic acids is 2. The van der Waals surface area contributed by atoms with E-state index in [1.165, 1.54) is 10.9 Å². The molecule has 0 atom stereocenters. The summed E-state index contributed by atoms with van der Waals surface area (Å²) in [5.74, 6) is -1.66. The Bertz CT molecular complexity index is 1150. The van der Waals surface area contributed by atoms with Crippen molar-refractivity contribution in [2.75, 3.05) is 11.9 Å². The average Bonchev–Trinajstić information content (AvgIpc) is 3.31. The van der Waals surface area contributed by atoms with Gasteiger partial charge in [-0.25, -0.2) is 23.0 Å². The molecule has 0 spiro atoms. The smallest absolute Gasteiger partial charge is 0.374 e. The standard InChI is InChI=1S/C17H15ClN4O6S/c18-12-4-2-1-3-11(12)9-22-14(7-8-20-22)21-15(23)10-27-17(24)13-5-6-16(28-13)29(19,25)26/h1-8H,9-10H2,(H,21,23)(H2,19,25,26). The van der Waals surface area contributed by atoms with Gasteiger partial charge in [-0.3, -0.25) is 4.79 Å². The number of primary sulfonamides is 1. The molecule has 1 aromatic carbocycles. The highest BCUT2D eigenvalue weighted by atomic mass is 35.5. The van der Waals surface area contributed by atoms with Crippen LogP contribution in [0.5, 0.6) is 0 Å². The number of anilines is 1. The highest BCUT2D eigenvalue weighted by Crippen LogP contribution is 2.18. The van der Waals surface area contributed by atoms with Gasteiger partial charge in [0.05, 0.1) is 12.7 Å². The second-order valence-corrected chi connectivity index (χ2v) is 7.65. The minimum atomic E-state index is -4.09. The zero-order chi connectivity index (χ0) is 21.0. The Balaban J connectivity index is 1.58. The summed E-state index contributed by atoms with van der Waals surface area (Å²) in [5, 5.41) is 11.6. The first kappa shape index (κ1) is 20.6. The molecule has 0 saturated carbocycles. The Labute approximate surface area is 170 Å². The number of furan rings is 1. The molecule has 2 aromatic heterocycles. The van der Waals surface area contributed by atoms with Crippen molar-refractivity contribution in [1.29, 1.82) is 0 Å². The molecule has 3 N–H and O–H groups in total. The van der Waals surface area contributed by atoms with Crippen LogP contribution in [-0.4, -0.2) is 36.7 Å². The summed E-state index contributed by atoms with van der Waals surface area (Å²) in [6.45, 7) is -0.299. The van der Waals surface area contributed by atoms with Crippen LogP contribution in [0.3, 0.4) is 0 Å². The predicted molar refractivity (Wildman–Crippen MR) is 102 cm³/mol.